The second-order valence-electron chi connectivity index (χ2n) is 5.08. The molecule has 0 aromatic heterocycles. The van der Waals surface area contributed by atoms with Gasteiger partial charge in [-0.1, -0.05) is 24.3 Å². The molecule has 2 aromatic rings. The monoisotopic (exact) mass is 328 g/mol. The molecule has 0 aliphatic carbocycles. The number of amides is 1. The number of carbonyl (C=O) groups excluding carboxylic acids is 1. The zero-order valence-corrected chi connectivity index (χ0v) is 14.2. The van der Waals surface area contributed by atoms with Gasteiger partial charge < -0.3 is 20.1 Å². The van der Waals surface area contributed by atoms with Gasteiger partial charge in [-0.3, -0.25) is 4.79 Å². The SMILES string of the molecule is CCOc1ccccc1NCCC(=O)Nc1ccccc1OCC. The van der Waals surface area contributed by atoms with Crippen LogP contribution in [-0.2, 0) is 4.79 Å². The third-order valence-electron chi connectivity index (χ3n) is 3.32. The summed E-state index contributed by atoms with van der Waals surface area (Å²) in [5.41, 5.74) is 1.58. The number of carbonyl (C=O) groups is 1. The van der Waals surface area contributed by atoms with Gasteiger partial charge in [-0.15, -0.1) is 0 Å². The van der Waals surface area contributed by atoms with Crippen LogP contribution in [0, 0.1) is 0 Å². The fourth-order valence-electron chi connectivity index (χ4n) is 2.27. The molecule has 2 rings (SSSR count). The van der Waals surface area contributed by atoms with E-state index in [9.17, 15) is 4.79 Å². The number of para-hydroxylation sites is 4. The van der Waals surface area contributed by atoms with Gasteiger partial charge in [-0.2, -0.15) is 0 Å². The van der Waals surface area contributed by atoms with E-state index in [1.54, 1.807) is 0 Å². The summed E-state index contributed by atoms with van der Waals surface area (Å²) >= 11 is 0. The van der Waals surface area contributed by atoms with Crippen LogP contribution in [0.2, 0.25) is 0 Å². The first-order valence-electron chi connectivity index (χ1n) is 8.22. The van der Waals surface area contributed by atoms with Crippen molar-refractivity contribution in [2.75, 3.05) is 30.4 Å². The van der Waals surface area contributed by atoms with E-state index in [1.165, 1.54) is 0 Å². The van der Waals surface area contributed by atoms with E-state index in [4.69, 9.17) is 9.47 Å². The van der Waals surface area contributed by atoms with Crippen molar-refractivity contribution in [3.05, 3.63) is 48.5 Å². The standard InChI is InChI=1S/C19H24N2O3/c1-3-23-17-11-7-5-9-15(17)20-14-13-19(22)21-16-10-6-8-12-18(16)24-4-2/h5-12,20H,3-4,13-14H2,1-2H3,(H,21,22). The second-order valence-corrected chi connectivity index (χ2v) is 5.08. The van der Waals surface area contributed by atoms with Crippen LogP contribution >= 0.6 is 0 Å². The largest absolute Gasteiger partial charge is 0.492 e. The molecule has 5 heteroatoms. The minimum atomic E-state index is -0.0662. The first kappa shape index (κ1) is 17.7. The summed E-state index contributed by atoms with van der Waals surface area (Å²) in [5.74, 6) is 1.41. The lowest BCUT2D eigenvalue weighted by molar-refractivity contribution is -0.116. The van der Waals surface area contributed by atoms with E-state index < -0.39 is 0 Å². The second kappa shape index (κ2) is 9.45. The van der Waals surface area contributed by atoms with Crippen LogP contribution in [0.15, 0.2) is 48.5 Å². The Hall–Kier alpha value is -2.69. The Kier molecular flexibility index (Phi) is 6.95. The first-order valence-corrected chi connectivity index (χ1v) is 8.22. The van der Waals surface area contributed by atoms with E-state index in [2.05, 4.69) is 10.6 Å². The van der Waals surface area contributed by atoms with Crippen LogP contribution in [0.25, 0.3) is 0 Å². The van der Waals surface area contributed by atoms with Crippen molar-refractivity contribution in [3.63, 3.8) is 0 Å². The minimum absolute atomic E-state index is 0.0662. The number of nitrogens with one attached hydrogen (secondary N) is 2. The number of ether oxygens (including phenoxy) is 2. The van der Waals surface area contributed by atoms with Gasteiger partial charge in [0.05, 0.1) is 24.6 Å². The summed E-state index contributed by atoms with van der Waals surface area (Å²) in [7, 11) is 0. The maximum atomic E-state index is 12.1. The molecule has 128 valence electrons. The van der Waals surface area contributed by atoms with Gasteiger partial charge in [0, 0.05) is 13.0 Å². The van der Waals surface area contributed by atoms with Gasteiger partial charge in [0.15, 0.2) is 0 Å². The summed E-state index contributed by atoms with van der Waals surface area (Å²) in [4.78, 5) is 12.1. The highest BCUT2D eigenvalue weighted by Gasteiger charge is 2.08. The molecule has 0 aliphatic heterocycles. The number of anilines is 2. The van der Waals surface area contributed by atoms with Gasteiger partial charge in [-0.25, -0.2) is 0 Å². The maximum absolute atomic E-state index is 12.1. The van der Waals surface area contributed by atoms with Gasteiger partial charge in [-0.05, 0) is 38.1 Å². The molecule has 0 aliphatic rings. The Bertz CT molecular complexity index is 659. The number of rotatable bonds is 9. The number of benzene rings is 2. The summed E-state index contributed by atoms with van der Waals surface area (Å²) in [6.07, 6.45) is 0.348. The summed E-state index contributed by atoms with van der Waals surface area (Å²) in [6, 6.07) is 15.1. The lowest BCUT2D eigenvalue weighted by atomic mass is 10.2. The molecule has 0 fully saturated rings. The highest BCUT2D eigenvalue weighted by Crippen LogP contribution is 2.25. The molecule has 1 amide bonds. The molecule has 0 bridgehead atoms. The molecular formula is C19H24N2O3. The Balaban J connectivity index is 1.86. The van der Waals surface area contributed by atoms with Crippen molar-refractivity contribution in [1.29, 1.82) is 0 Å². The fourth-order valence-corrected chi connectivity index (χ4v) is 2.27. The smallest absolute Gasteiger partial charge is 0.226 e. The molecule has 0 atom stereocenters. The van der Waals surface area contributed by atoms with Crippen LogP contribution in [0.1, 0.15) is 20.3 Å². The Morgan fingerprint density at radius 2 is 1.42 bits per heavy atom. The summed E-state index contributed by atoms with van der Waals surface area (Å²) in [5, 5.41) is 6.12. The highest BCUT2D eigenvalue weighted by molar-refractivity contribution is 5.92. The predicted molar refractivity (Wildman–Crippen MR) is 97.0 cm³/mol. The zero-order valence-electron chi connectivity index (χ0n) is 14.2. The normalized spacial score (nSPS) is 10.1. The third kappa shape index (κ3) is 5.19. The molecule has 0 unspecified atom stereocenters. The molecule has 2 N–H and O–H groups in total. The Labute approximate surface area is 143 Å². The molecule has 0 saturated carbocycles. The van der Waals surface area contributed by atoms with Crippen LogP contribution in [0.4, 0.5) is 11.4 Å². The number of hydrogen-bond acceptors (Lipinski definition) is 4. The molecule has 2 aromatic carbocycles. The molecule has 0 spiro atoms. The Morgan fingerprint density at radius 1 is 0.875 bits per heavy atom. The molecule has 5 nitrogen and oxygen atoms in total. The maximum Gasteiger partial charge on any atom is 0.226 e. The summed E-state index contributed by atoms with van der Waals surface area (Å²) in [6.45, 7) is 5.54. The lowest BCUT2D eigenvalue weighted by Crippen LogP contribution is -2.17. The van der Waals surface area contributed by atoms with Crippen molar-refractivity contribution < 1.29 is 14.3 Å². The highest BCUT2D eigenvalue weighted by atomic mass is 16.5. The van der Waals surface area contributed by atoms with Gasteiger partial charge in [0.2, 0.25) is 5.91 Å². The van der Waals surface area contributed by atoms with Crippen LogP contribution in [-0.4, -0.2) is 25.7 Å². The average Bonchev–Trinajstić information content (AvgIpc) is 2.59. The van der Waals surface area contributed by atoms with Gasteiger partial charge in [0.1, 0.15) is 11.5 Å². The van der Waals surface area contributed by atoms with Gasteiger partial charge in [0.25, 0.3) is 0 Å². The van der Waals surface area contributed by atoms with Crippen LogP contribution < -0.4 is 20.1 Å². The molecule has 0 radical (unpaired) electrons. The zero-order chi connectivity index (χ0) is 17.2. The average molecular weight is 328 g/mol. The van der Waals surface area contributed by atoms with E-state index in [0.717, 1.165) is 11.4 Å². The molecule has 24 heavy (non-hydrogen) atoms. The number of hydrogen-bond donors (Lipinski definition) is 2. The van der Waals surface area contributed by atoms with Crippen molar-refractivity contribution in [2.45, 2.75) is 20.3 Å². The van der Waals surface area contributed by atoms with Crippen LogP contribution in [0.3, 0.4) is 0 Å². The lowest BCUT2D eigenvalue weighted by Gasteiger charge is -2.13. The third-order valence-corrected chi connectivity index (χ3v) is 3.32. The molecule has 0 saturated heterocycles. The predicted octanol–water partition coefficient (Wildman–Crippen LogP) is 3.92. The van der Waals surface area contributed by atoms with Gasteiger partial charge >= 0.3 is 0 Å². The van der Waals surface area contributed by atoms with Crippen molar-refractivity contribution in [3.8, 4) is 11.5 Å². The van der Waals surface area contributed by atoms with E-state index in [-0.39, 0.29) is 5.91 Å². The van der Waals surface area contributed by atoms with E-state index >= 15 is 0 Å². The first-order chi connectivity index (χ1) is 11.7. The van der Waals surface area contributed by atoms with E-state index in [1.807, 2.05) is 62.4 Å². The van der Waals surface area contributed by atoms with E-state index in [0.29, 0.717) is 37.6 Å². The van der Waals surface area contributed by atoms with Crippen molar-refractivity contribution >= 4 is 17.3 Å². The fraction of sp³-hybridized carbons (Fsp3) is 0.316. The van der Waals surface area contributed by atoms with Crippen LogP contribution in [0.5, 0.6) is 11.5 Å². The van der Waals surface area contributed by atoms with Crippen molar-refractivity contribution in [1.82, 2.24) is 0 Å². The minimum Gasteiger partial charge on any atom is -0.492 e. The molecular weight excluding hydrogens is 304 g/mol. The van der Waals surface area contributed by atoms with Crippen molar-refractivity contribution in [2.24, 2.45) is 0 Å². The Morgan fingerprint density at radius 3 is 2.04 bits per heavy atom. The summed E-state index contributed by atoms with van der Waals surface area (Å²) < 4.78 is 11.1. The quantitative estimate of drug-likeness (QED) is 0.732. The molecule has 0 heterocycles. The topological polar surface area (TPSA) is 59.6 Å².